The van der Waals surface area contributed by atoms with Crippen molar-refractivity contribution in [2.45, 2.75) is 32.4 Å². The molecule has 0 radical (unpaired) electrons. The molecule has 0 bridgehead atoms. The summed E-state index contributed by atoms with van der Waals surface area (Å²) < 4.78 is 1.36. The highest BCUT2D eigenvalue weighted by atomic mass is 16.3. The number of hydrogen-bond donors (Lipinski definition) is 2. The molecular formula is C12H18N2O3. The summed E-state index contributed by atoms with van der Waals surface area (Å²) in [6.45, 7) is 2.03. The van der Waals surface area contributed by atoms with Crippen LogP contribution in [0.5, 0.6) is 0 Å². The molecule has 0 spiro atoms. The van der Waals surface area contributed by atoms with Gasteiger partial charge in [0.05, 0.1) is 0 Å². The molecule has 1 aromatic heterocycles. The molecule has 2 N–H and O–H groups in total. The minimum atomic E-state index is -0.191. The molecule has 0 aliphatic carbocycles. The van der Waals surface area contributed by atoms with E-state index in [9.17, 15) is 9.59 Å². The number of nitrogens with zero attached hydrogens (tertiary/aromatic N) is 1. The zero-order valence-corrected chi connectivity index (χ0v) is 9.93. The van der Waals surface area contributed by atoms with E-state index < -0.39 is 0 Å². The van der Waals surface area contributed by atoms with E-state index in [-0.39, 0.29) is 30.7 Å². The van der Waals surface area contributed by atoms with Gasteiger partial charge < -0.3 is 15.0 Å². The molecule has 0 saturated carbocycles. The van der Waals surface area contributed by atoms with E-state index in [4.69, 9.17) is 5.11 Å². The van der Waals surface area contributed by atoms with E-state index >= 15 is 0 Å². The Morgan fingerprint density at radius 2 is 2.29 bits per heavy atom. The summed E-state index contributed by atoms with van der Waals surface area (Å²) >= 11 is 0. The van der Waals surface area contributed by atoms with Gasteiger partial charge in [0.15, 0.2) is 0 Å². The molecule has 1 heterocycles. The summed E-state index contributed by atoms with van der Waals surface area (Å²) in [5.41, 5.74) is -0.189. The summed E-state index contributed by atoms with van der Waals surface area (Å²) in [6.07, 6.45) is 2.97. The number of aliphatic hydroxyl groups is 1. The molecule has 1 rings (SSSR count). The van der Waals surface area contributed by atoms with Crippen LogP contribution in [0.1, 0.15) is 19.8 Å². The highest BCUT2D eigenvalue weighted by Crippen LogP contribution is 1.95. The van der Waals surface area contributed by atoms with Crippen molar-refractivity contribution in [2.75, 3.05) is 6.61 Å². The molecule has 94 valence electrons. The van der Waals surface area contributed by atoms with Crippen LogP contribution in [0.4, 0.5) is 0 Å². The Labute approximate surface area is 100 Å². The quantitative estimate of drug-likeness (QED) is 0.739. The molecule has 0 saturated heterocycles. The fourth-order valence-corrected chi connectivity index (χ4v) is 1.54. The lowest BCUT2D eigenvalue weighted by Crippen LogP contribution is -2.37. The summed E-state index contributed by atoms with van der Waals surface area (Å²) in [5.74, 6) is -0.191. The maximum absolute atomic E-state index is 11.6. The maximum atomic E-state index is 11.6. The van der Waals surface area contributed by atoms with E-state index in [2.05, 4.69) is 5.32 Å². The first-order valence-corrected chi connectivity index (χ1v) is 5.69. The summed E-state index contributed by atoms with van der Waals surface area (Å²) in [6, 6.07) is 4.78. The van der Waals surface area contributed by atoms with Crippen LogP contribution in [0.3, 0.4) is 0 Å². The molecule has 0 fully saturated rings. The Morgan fingerprint density at radius 1 is 1.53 bits per heavy atom. The average molecular weight is 238 g/mol. The van der Waals surface area contributed by atoms with Gasteiger partial charge >= 0.3 is 0 Å². The Bertz CT molecular complexity index is 414. The number of hydrogen-bond acceptors (Lipinski definition) is 3. The Hall–Kier alpha value is -1.62. The summed E-state index contributed by atoms with van der Waals surface area (Å²) in [5, 5.41) is 11.4. The maximum Gasteiger partial charge on any atom is 0.250 e. The minimum absolute atomic E-state index is 0.00839. The van der Waals surface area contributed by atoms with Crippen LogP contribution < -0.4 is 10.9 Å². The number of aliphatic hydroxyl groups excluding tert-OH is 1. The number of carbonyl (C=O) groups excluding carboxylic acids is 1. The van der Waals surface area contributed by atoms with Gasteiger partial charge in [0.1, 0.15) is 6.54 Å². The second kappa shape index (κ2) is 6.85. The summed E-state index contributed by atoms with van der Waals surface area (Å²) in [7, 11) is 0. The molecule has 0 aliphatic rings. The van der Waals surface area contributed by atoms with Gasteiger partial charge in [-0.3, -0.25) is 9.59 Å². The molecule has 1 amide bonds. The van der Waals surface area contributed by atoms with E-state index in [1.165, 1.54) is 10.6 Å². The molecule has 5 heteroatoms. The van der Waals surface area contributed by atoms with Crippen LogP contribution in [-0.2, 0) is 11.3 Å². The third kappa shape index (κ3) is 4.82. The van der Waals surface area contributed by atoms with Crippen molar-refractivity contribution in [1.82, 2.24) is 9.88 Å². The van der Waals surface area contributed by atoms with Crippen LogP contribution in [0.25, 0.3) is 0 Å². The SMILES string of the molecule is CC(CCCO)NC(=O)Cn1ccccc1=O. The first-order valence-electron chi connectivity index (χ1n) is 5.69. The van der Waals surface area contributed by atoms with Crippen molar-refractivity contribution >= 4 is 5.91 Å². The first kappa shape index (κ1) is 13.4. The van der Waals surface area contributed by atoms with Crippen molar-refractivity contribution in [1.29, 1.82) is 0 Å². The number of nitrogens with one attached hydrogen (secondary N) is 1. The highest BCUT2D eigenvalue weighted by molar-refractivity contribution is 5.75. The largest absolute Gasteiger partial charge is 0.396 e. The van der Waals surface area contributed by atoms with Crippen LogP contribution in [-0.4, -0.2) is 28.2 Å². The summed E-state index contributed by atoms with van der Waals surface area (Å²) in [4.78, 5) is 23.0. The van der Waals surface area contributed by atoms with Gasteiger partial charge in [-0.15, -0.1) is 0 Å². The van der Waals surface area contributed by atoms with Gasteiger partial charge in [0.2, 0.25) is 5.91 Å². The predicted octanol–water partition coefficient (Wildman–Crippen LogP) is 0.125. The standard InChI is InChI=1S/C12H18N2O3/c1-10(5-4-8-15)13-11(16)9-14-7-3-2-6-12(14)17/h2-3,6-7,10,15H,4-5,8-9H2,1H3,(H,13,16). The number of carbonyl (C=O) groups is 1. The number of rotatable bonds is 6. The lowest BCUT2D eigenvalue weighted by atomic mass is 10.2. The monoisotopic (exact) mass is 238 g/mol. The van der Waals surface area contributed by atoms with Gasteiger partial charge in [0, 0.05) is 24.9 Å². The molecule has 1 atom stereocenters. The van der Waals surface area contributed by atoms with E-state index in [1.54, 1.807) is 18.3 Å². The molecule has 5 nitrogen and oxygen atoms in total. The molecule has 1 unspecified atom stereocenters. The number of pyridine rings is 1. The number of amides is 1. The van der Waals surface area contributed by atoms with E-state index in [0.29, 0.717) is 6.42 Å². The molecular weight excluding hydrogens is 220 g/mol. The first-order chi connectivity index (χ1) is 8.13. The van der Waals surface area contributed by atoms with E-state index in [0.717, 1.165) is 6.42 Å². The van der Waals surface area contributed by atoms with Crippen molar-refractivity contribution < 1.29 is 9.90 Å². The Kier molecular flexibility index (Phi) is 5.42. The predicted molar refractivity (Wildman–Crippen MR) is 64.6 cm³/mol. The van der Waals surface area contributed by atoms with Crippen LogP contribution >= 0.6 is 0 Å². The van der Waals surface area contributed by atoms with E-state index in [1.807, 2.05) is 6.92 Å². The van der Waals surface area contributed by atoms with Crippen LogP contribution in [0.2, 0.25) is 0 Å². The third-order valence-corrected chi connectivity index (χ3v) is 2.42. The topological polar surface area (TPSA) is 71.3 Å². The van der Waals surface area contributed by atoms with Crippen molar-refractivity contribution in [3.63, 3.8) is 0 Å². The molecule has 0 aromatic carbocycles. The van der Waals surface area contributed by atoms with Gasteiger partial charge in [-0.25, -0.2) is 0 Å². The fraction of sp³-hybridized carbons (Fsp3) is 0.500. The zero-order valence-electron chi connectivity index (χ0n) is 9.93. The molecule has 17 heavy (non-hydrogen) atoms. The second-order valence-corrected chi connectivity index (χ2v) is 4.00. The highest BCUT2D eigenvalue weighted by Gasteiger charge is 2.07. The van der Waals surface area contributed by atoms with Gasteiger partial charge in [-0.2, -0.15) is 0 Å². The lowest BCUT2D eigenvalue weighted by molar-refractivity contribution is -0.122. The second-order valence-electron chi connectivity index (χ2n) is 4.00. The molecule has 1 aromatic rings. The van der Waals surface area contributed by atoms with Crippen molar-refractivity contribution in [3.05, 3.63) is 34.7 Å². The lowest BCUT2D eigenvalue weighted by Gasteiger charge is -2.13. The third-order valence-electron chi connectivity index (χ3n) is 2.42. The fourth-order valence-electron chi connectivity index (χ4n) is 1.54. The number of aromatic nitrogens is 1. The normalized spacial score (nSPS) is 12.1. The smallest absolute Gasteiger partial charge is 0.250 e. The van der Waals surface area contributed by atoms with Gasteiger partial charge in [0.25, 0.3) is 5.56 Å². The van der Waals surface area contributed by atoms with Gasteiger partial charge in [-0.05, 0) is 25.8 Å². The average Bonchev–Trinajstić information content (AvgIpc) is 2.29. The zero-order chi connectivity index (χ0) is 12.7. The Balaban J connectivity index is 2.45. The van der Waals surface area contributed by atoms with Crippen molar-refractivity contribution in [2.24, 2.45) is 0 Å². The van der Waals surface area contributed by atoms with Gasteiger partial charge in [-0.1, -0.05) is 6.07 Å². The Morgan fingerprint density at radius 3 is 2.94 bits per heavy atom. The molecule has 0 aliphatic heterocycles. The van der Waals surface area contributed by atoms with Crippen LogP contribution in [0, 0.1) is 0 Å². The van der Waals surface area contributed by atoms with Crippen LogP contribution in [0.15, 0.2) is 29.2 Å². The minimum Gasteiger partial charge on any atom is -0.396 e. The van der Waals surface area contributed by atoms with Crippen molar-refractivity contribution in [3.8, 4) is 0 Å².